The Morgan fingerprint density at radius 3 is 2.71 bits per heavy atom. The van der Waals surface area contributed by atoms with Gasteiger partial charge in [0.25, 0.3) is 0 Å². The summed E-state index contributed by atoms with van der Waals surface area (Å²) in [7, 11) is 0. The molecule has 0 bridgehead atoms. The molecule has 0 aliphatic carbocycles. The Hall–Kier alpha value is -1.46. The maximum atomic E-state index is 13.1. The van der Waals surface area contributed by atoms with Crippen molar-refractivity contribution in [3.05, 3.63) is 35.1 Å². The van der Waals surface area contributed by atoms with Crippen molar-refractivity contribution in [1.82, 2.24) is 0 Å². The highest BCUT2D eigenvalue weighted by Gasteiger charge is 2.18. The standard InChI is InChI=1S/C9H10FNO3/c10-7-2-1-5(4-12)3-6(7)8(11)9(13)14/h1-3,8,12H,4,11H2,(H,13,14)/t8-/m0/s1. The van der Waals surface area contributed by atoms with Gasteiger partial charge >= 0.3 is 5.97 Å². The minimum absolute atomic E-state index is 0.121. The van der Waals surface area contributed by atoms with Gasteiger partial charge in [-0.1, -0.05) is 6.07 Å². The monoisotopic (exact) mass is 199 g/mol. The molecule has 76 valence electrons. The summed E-state index contributed by atoms with van der Waals surface area (Å²) in [6, 6.07) is 2.30. The molecule has 0 saturated heterocycles. The van der Waals surface area contributed by atoms with Crippen molar-refractivity contribution in [1.29, 1.82) is 0 Å². The Kier molecular flexibility index (Phi) is 3.16. The van der Waals surface area contributed by atoms with Crippen LogP contribution in [0.5, 0.6) is 0 Å². The van der Waals surface area contributed by atoms with Gasteiger partial charge in [-0.3, -0.25) is 4.79 Å². The lowest BCUT2D eigenvalue weighted by Gasteiger charge is -2.09. The molecule has 1 rings (SSSR count). The van der Waals surface area contributed by atoms with Crippen LogP contribution < -0.4 is 5.73 Å². The summed E-state index contributed by atoms with van der Waals surface area (Å²) < 4.78 is 13.1. The molecule has 0 radical (unpaired) electrons. The Balaban J connectivity index is 3.11. The van der Waals surface area contributed by atoms with Crippen LogP contribution in [0.4, 0.5) is 4.39 Å². The van der Waals surface area contributed by atoms with Crippen LogP contribution in [-0.2, 0) is 11.4 Å². The van der Waals surface area contributed by atoms with Gasteiger partial charge in [-0.2, -0.15) is 0 Å². The van der Waals surface area contributed by atoms with Gasteiger partial charge in [0, 0.05) is 5.56 Å². The predicted octanol–water partition coefficient (Wildman–Crippen LogP) is 0.402. The van der Waals surface area contributed by atoms with E-state index in [4.69, 9.17) is 15.9 Å². The van der Waals surface area contributed by atoms with Gasteiger partial charge < -0.3 is 15.9 Å². The van der Waals surface area contributed by atoms with Crippen molar-refractivity contribution in [2.24, 2.45) is 5.73 Å². The second kappa shape index (κ2) is 4.17. The van der Waals surface area contributed by atoms with Gasteiger partial charge in [0.05, 0.1) is 6.61 Å². The second-order valence-corrected chi connectivity index (χ2v) is 2.83. The summed E-state index contributed by atoms with van der Waals surface area (Å²) in [5.74, 6) is -1.99. The minimum atomic E-state index is -1.40. The zero-order valence-electron chi connectivity index (χ0n) is 7.27. The third-order valence-corrected chi connectivity index (χ3v) is 1.84. The van der Waals surface area contributed by atoms with Crippen LogP contribution >= 0.6 is 0 Å². The van der Waals surface area contributed by atoms with E-state index in [1.807, 2.05) is 0 Å². The summed E-state index contributed by atoms with van der Waals surface area (Å²) >= 11 is 0. The van der Waals surface area contributed by atoms with Gasteiger partial charge in [-0.25, -0.2) is 4.39 Å². The van der Waals surface area contributed by atoms with E-state index >= 15 is 0 Å². The summed E-state index contributed by atoms with van der Waals surface area (Å²) in [4.78, 5) is 10.5. The third kappa shape index (κ3) is 2.07. The average molecular weight is 199 g/mol. The number of aliphatic carboxylic acids is 1. The normalized spacial score (nSPS) is 12.5. The maximum Gasteiger partial charge on any atom is 0.325 e. The molecular formula is C9H10FNO3. The molecule has 5 heteroatoms. The Morgan fingerprint density at radius 2 is 2.21 bits per heavy atom. The fourth-order valence-corrected chi connectivity index (χ4v) is 1.06. The number of halogens is 1. The number of hydrogen-bond acceptors (Lipinski definition) is 3. The first-order valence-corrected chi connectivity index (χ1v) is 3.94. The van der Waals surface area contributed by atoms with Crippen LogP contribution in [0.25, 0.3) is 0 Å². The first-order chi connectivity index (χ1) is 6.56. The van der Waals surface area contributed by atoms with E-state index < -0.39 is 17.8 Å². The molecular weight excluding hydrogens is 189 g/mol. The van der Waals surface area contributed by atoms with E-state index in [-0.39, 0.29) is 12.2 Å². The molecule has 4 N–H and O–H groups in total. The number of carboxylic acids is 1. The number of hydrogen-bond donors (Lipinski definition) is 3. The highest BCUT2D eigenvalue weighted by molar-refractivity contribution is 5.75. The van der Waals surface area contributed by atoms with Gasteiger partial charge in [-0.05, 0) is 17.7 Å². The summed E-state index contributed by atoms with van der Waals surface area (Å²) in [6.45, 7) is -0.278. The lowest BCUT2D eigenvalue weighted by molar-refractivity contribution is -0.138. The first-order valence-electron chi connectivity index (χ1n) is 3.94. The van der Waals surface area contributed by atoms with Gasteiger partial charge in [-0.15, -0.1) is 0 Å². The Labute approximate surface area is 79.8 Å². The van der Waals surface area contributed by atoms with Crippen molar-refractivity contribution in [2.45, 2.75) is 12.6 Å². The molecule has 1 atom stereocenters. The summed E-state index contributed by atoms with van der Waals surface area (Å²) in [5, 5.41) is 17.3. The van der Waals surface area contributed by atoms with Crippen molar-refractivity contribution >= 4 is 5.97 Å². The van der Waals surface area contributed by atoms with Crippen molar-refractivity contribution in [3.8, 4) is 0 Å². The lowest BCUT2D eigenvalue weighted by atomic mass is 10.0. The highest BCUT2D eigenvalue weighted by atomic mass is 19.1. The molecule has 0 fully saturated rings. The number of carbonyl (C=O) groups is 1. The summed E-state index contributed by atoms with van der Waals surface area (Å²) in [6.07, 6.45) is 0. The smallest absolute Gasteiger partial charge is 0.325 e. The molecule has 0 amide bonds. The zero-order valence-corrected chi connectivity index (χ0v) is 7.27. The van der Waals surface area contributed by atoms with E-state index in [1.54, 1.807) is 0 Å². The molecule has 1 aromatic rings. The van der Waals surface area contributed by atoms with Gasteiger partial charge in [0.1, 0.15) is 11.9 Å². The molecule has 4 nitrogen and oxygen atoms in total. The van der Waals surface area contributed by atoms with Crippen molar-refractivity contribution in [3.63, 3.8) is 0 Å². The van der Waals surface area contributed by atoms with Crippen LogP contribution in [0.2, 0.25) is 0 Å². The Morgan fingerprint density at radius 1 is 1.57 bits per heavy atom. The van der Waals surface area contributed by atoms with Crippen LogP contribution in [0.3, 0.4) is 0 Å². The molecule has 0 aliphatic heterocycles. The number of benzene rings is 1. The summed E-state index contributed by atoms with van der Waals surface area (Å²) in [5.41, 5.74) is 5.55. The SMILES string of the molecule is N[C@H](C(=O)O)c1cc(CO)ccc1F. The molecule has 0 saturated carbocycles. The first kappa shape index (κ1) is 10.6. The Bertz CT molecular complexity index is 354. The number of carboxylic acid groups (broad SMARTS) is 1. The van der Waals surface area contributed by atoms with E-state index in [0.717, 1.165) is 6.07 Å². The quantitative estimate of drug-likeness (QED) is 0.658. The van der Waals surface area contributed by atoms with Gasteiger partial charge in [0.15, 0.2) is 0 Å². The largest absolute Gasteiger partial charge is 0.480 e. The van der Waals surface area contributed by atoms with Crippen molar-refractivity contribution < 1.29 is 19.4 Å². The zero-order chi connectivity index (χ0) is 10.7. The maximum absolute atomic E-state index is 13.1. The fraction of sp³-hybridized carbons (Fsp3) is 0.222. The molecule has 0 aromatic heterocycles. The van der Waals surface area contributed by atoms with Crippen LogP contribution in [0.15, 0.2) is 18.2 Å². The fourth-order valence-electron chi connectivity index (χ4n) is 1.06. The second-order valence-electron chi connectivity index (χ2n) is 2.83. The van der Waals surface area contributed by atoms with Crippen LogP contribution in [0.1, 0.15) is 17.2 Å². The molecule has 0 heterocycles. The van der Waals surface area contributed by atoms with E-state index in [0.29, 0.717) is 5.56 Å². The number of nitrogens with two attached hydrogens (primary N) is 1. The molecule has 14 heavy (non-hydrogen) atoms. The van der Waals surface area contributed by atoms with Crippen LogP contribution in [0, 0.1) is 5.82 Å². The number of aliphatic hydroxyl groups is 1. The van der Waals surface area contributed by atoms with Crippen LogP contribution in [-0.4, -0.2) is 16.2 Å². The molecule has 0 unspecified atom stereocenters. The van der Waals surface area contributed by atoms with E-state index in [9.17, 15) is 9.18 Å². The van der Waals surface area contributed by atoms with E-state index in [2.05, 4.69) is 0 Å². The third-order valence-electron chi connectivity index (χ3n) is 1.84. The number of rotatable bonds is 3. The highest BCUT2D eigenvalue weighted by Crippen LogP contribution is 2.17. The predicted molar refractivity (Wildman–Crippen MR) is 46.9 cm³/mol. The molecule has 1 aromatic carbocycles. The average Bonchev–Trinajstić information content (AvgIpc) is 2.17. The number of aliphatic hydroxyl groups excluding tert-OH is 1. The lowest BCUT2D eigenvalue weighted by Crippen LogP contribution is -2.22. The molecule has 0 aliphatic rings. The molecule has 0 spiro atoms. The van der Waals surface area contributed by atoms with E-state index in [1.165, 1.54) is 12.1 Å². The van der Waals surface area contributed by atoms with Crippen molar-refractivity contribution in [2.75, 3.05) is 0 Å². The van der Waals surface area contributed by atoms with Gasteiger partial charge in [0.2, 0.25) is 0 Å². The minimum Gasteiger partial charge on any atom is -0.480 e. The topological polar surface area (TPSA) is 83.6 Å².